The van der Waals surface area contributed by atoms with Gasteiger partial charge in [-0.15, -0.1) is 0 Å². The molecule has 0 aliphatic carbocycles. The van der Waals surface area contributed by atoms with Crippen molar-refractivity contribution in [2.75, 3.05) is 31.1 Å². The topological polar surface area (TPSA) is 66.7 Å². The SMILES string of the molecule is CC(C)N1CCN(c2nc3cccc(S(=O)(=O)c4cccc5ccccc45)c3o2)CC1. The molecule has 3 aromatic carbocycles. The Balaban J connectivity index is 1.56. The van der Waals surface area contributed by atoms with Crippen LogP contribution in [0.1, 0.15) is 13.8 Å². The number of piperazine rings is 1. The molecule has 1 saturated heterocycles. The summed E-state index contributed by atoms with van der Waals surface area (Å²) < 4.78 is 33.4. The average molecular weight is 436 g/mol. The van der Waals surface area contributed by atoms with Crippen molar-refractivity contribution in [1.29, 1.82) is 0 Å². The third kappa shape index (κ3) is 3.47. The smallest absolute Gasteiger partial charge is 0.298 e. The second-order valence-electron chi connectivity index (χ2n) is 8.20. The van der Waals surface area contributed by atoms with E-state index < -0.39 is 9.84 Å². The van der Waals surface area contributed by atoms with Gasteiger partial charge in [0.05, 0.1) is 4.90 Å². The standard InChI is InChI=1S/C24H25N3O3S/c1-17(2)26-13-15-27(16-14-26)24-25-20-10-6-12-22(23(20)30-24)31(28,29)21-11-5-8-18-7-3-4-9-19(18)21/h3-12,17H,13-16H2,1-2H3. The third-order valence-corrected chi connectivity index (χ3v) is 7.85. The summed E-state index contributed by atoms with van der Waals surface area (Å²) in [5, 5.41) is 1.59. The van der Waals surface area contributed by atoms with Gasteiger partial charge in [-0.1, -0.05) is 42.5 Å². The van der Waals surface area contributed by atoms with Crippen molar-refractivity contribution >= 4 is 37.7 Å². The second kappa shape index (κ2) is 7.66. The van der Waals surface area contributed by atoms with E-state index in [1.54, 1.807) is 30.3 Å². The maximum atomic E-state index is 13.7. The first-order valence-corrected chi connectivity index (χ1v) is 12.0. The van der Waals surface area contributed by atoms with Crippen LogP contribution in [-0.4, -0.2) is 50.5 Å². The molecule has 6 nitrogen and oxygen atoms in total. The summed E-state index contributed by atoms with van der Waals surface area (Å²) in [5.74, 6) is 0. The van der Waals surface area contributed by atoms with Gasteiger partial charge in [-0.05, 0) is 37.4 Å². The van der Waals surface area contributed by atoms with Crippen molar-refractivity contribution in [3.8, 4) is 0 Å². The molecule has 31 heavy (non-hydrogen) atoms. The average Bonchev–Trinajstić information content (AvgIpc) is 3.23. The molecule has 7 heteroatoms. The molecule has 0 saturated carbocycles. The van der Waals surface area contributed by atoms with Crippen molar-refractivity contribution < 1.29 is 12.8 Å². The van der Waals surface area contributed by atoms with Crippen LogP contribution in [0.3, 0.4) is 0 Å². The molecule has 0 N–H and O–H groups in total. The van der Waals surface area contributed by atoms with Crippen molar-refractivity contribution in [3.05, 3.63) is 60.7 Å². The number of hydrogen-bond donors (Lipinski definition) is 0. The predicted molar refractivity (Wildman–Crippen MR) is 122 cm³/mol. The van der Waals surface area contributed by atoms with Crippen molar-refractivity contribution in [2.45, 2.75) is 29.7 Å². The summed E-state index contributed by atoms with van der Waals surface area (Å²) in [7, 11) is -3.79. The minimum atomic E-state index is -3.79. The number of fused-ring (bicyclic) bond motifs is 2. The third-order valence-electron chi connectivity index (χ3n) is 6.01. The molecule has 1 aromatic heterocycles. The van der Waals surface area contributed by atoms with E-state index in [2.05, 4.69) is 28.6 Å². The summed E-state index contributed by atoms with van der Waals surface area (Å²) in [6.45, 7) is 7.85. The van der Waals surface area contributed by atoms with E-state index in [0.29, 0.717) is 28.5 Å². The Labute approximate surface area is 182 Å². The van der Waals surface area contributed by atoms with Crippen molar-refractivity contribution in [1.82, 2.24) is 9.88 Å². The van der Waals surface area contributed by atoms with E-state index >= 15 is 0 Å². The molecule has 0 radical (unpaired) electrons. The van der Waals surface area contributed by atoms with Gasteiger partial charge < -0.3 is 9.32 Å². The van der Waals surface area contributed by atoms with Gasteiger partial charge in [0.15, 0.2) is 5.58 Å². The summed E-state index contributed by atoms with van der Waals surface area (Å²) in [4.78, 5) is 9.55. The summed E-state index contributed by atoms with van der Waals surface area (Å²) in [5.41, 5.74) is 0.874. The van der Waals surface area contributed by atoms with Crippen LogP contribution in [0.2, 0.25) is 0 Å². The molecule has 0 atom stereocenters. The van der Waals surface area contributed by atoms with Crippen LogP contribution in [0, 0.1) is 0 Å². The Morgan fingerprint density at radius 1 is 0.871 bits per heavy atom. The lowest BCUT2D eigenvalue weighted by Crippen LogP contribution is -2.49. The number of para-hydroxylation sites is 1. The van der Waals surface area contributed by atoms with Gasteiger partial charge in [-0.3, -0.25) is 4.90 Å². The lowest BCUT2D eigenvalue weighted by molar-refractivity contribution is 0.206. The maximum absolute atomic E-state index is 13.7. The minimum Gasteiger partial charge on any atom is -0.422 e. The number of aromatic nitrogens is 1. The van der Waals surface area contributed by atoms with Gasteiger partial charge in [-0.2, -0.15) is 4.98 Å². The second-order valence-corrected chi connectivity index (χ2v) is 10.1. The first kappa shape index (κ1) is 20.0. The Morgan fingerprint density at radius 3 is 2.32 bits per heavy atom. The number of sulfone groups is 1. The highest BCUT2D eigenvalue weighted by molar-refractivity contribution is 7.92. The Morgan fingerprint density at radius 2 is 1.55 bits per heavy atom. The fraction of sp³-hybridized carbons (Fsp3) is 0.292. The van der Waals surface area contributed by atoms with Gasteiger partial charge in [0.1, 0.15) is 10.4 Å². The minimum absolute atomic E-state index is 0.154. The normalized spacial score (nSPS) is 15.9. The summed E-state index contributed by atoms with van der Waals surface area (Å²) in [6.07, 6.45) is 0. The monoisotopic (exact) mass is 435 g/mol. The first-order valence-electron chi connectivity index (χ1n) is 10.6. The van der Waals surface area contributed by atoms with E-state index in [-0.39, 0.29) is 9.79 Å². The highest BCUT2D eigenvalue weighted by atomic mass is 32.2. The molecule has 0 unspecified atom stereocenters. The Hall–Kier alpha value is -2.90. The van der Waals surface area contributed by atoms with Crippen LogP contribution < -0.4 is 4.90 Å². The number of anilines is 1. The van der Waals surface area contributed by atoms with Crippen LogP contribution in [0.4, 0.5) is 6.01 Å². The fourth-order valence-electron chi connectivity index (χ4n) is 4.24. The predicted octanol–water partition coefficient (Wildman–Crippen LogP) is 4.34. The van der Waals surface area contributed by atoms with Gasteiger partial charge in [0.2, 0.25) is 9.84 Å². The van der Waals surface area contributed by atoms with E-state index in [9.17, 15) is 8.42 Å². The molecule has 160 valence electrons. The lowest BCUT2D eigenvalue weighted by Gasteiger charge is -2.36. The van der Waals surface area contributed by atoms with Gasteiger partial charge in [-0.25, -0.2) is 8.42 Å². The van der Waals surface area contributed by atoms with E-state index in [0.717, 1.165) is 31.6 Å². The Kier molecular flexibility index (Phi) is 4.95. The molecular weight excluding hydrogens is 410 g/mol. The van der Waals surface area contributed by atoms with Crippen LogP contribution >= 0.6 is 0 Å². The number of hydrogen-bond acceptors (Lipinski definition) is 6. The molecule has 1 aliphatic heterocycles. The maximum Gasteiger partial charge on any atom is 0.298 e. The zero-order valence-electron chi connectivity index (χ0n) is 17.7. The number of rotatable bonds is 4. The largest absolute Gasteiger partial charge is 0.422 e. The summed E-state index contributed by atoms with van der Waals surface area (Å²) >= 11 is 0. The number of nitrogens with zero attached hydrogens (tertiary/aromatic N) is 3. The van der Waals surface area contributed by atoms with E-state index in [1.807, 2.05) is 30.3 Å². The fourth-order valence-corrected chi connectivity index (χ4v) is 5.86. The van der Waals surface area contributed by atoms with Crippen LogP contribution in [0.5, 0.6) is 0 Å². The molecular formula is C24H25N3O3S. The molecule has 1 fully saturated rings. The zero-order valence-corrected chi connectivity index (χ0v) is 18.5. The van der Waals surface area contributed by atoms with E-state index in [1.165, 1.54) is 0 Å². The number of benzene rings is 3. The molecule has 0 spiro atoms. The van der Waals surface area contributed by atoms with Crippen LogP contribution in [0.15, 0.2) is 74.9 Å². The molecule has 1 aliphatic rings. The van der Waals surface area contributed by atoms with E-state index in [4.69, 9.17) is 4.42 Å². The van der Waals surface area contributed by atoms with Crippen LogP contribution in [0.25, 0.3) is 21.9 Å². The molecule has 2 heterocycles. The quantitative estimate of drug-likeness (QED) is 0.475. The zero-order chi connectivity index (χ0) is 21.6. The molecule has 0 bridgehead atoms. The lowest BCUT2D eigenvalue weighted by atomic mass is 10.1. The van der Waals surface area contributed by atoms with Crippen molar-refractivity contribution in [2.24, 2.45) is 0 Å². The Bertz CT molecular complexity index is 1350. The van der Waals surface area contributed by atoms with Gasteiger partial charge >= 0.3 is 0 Å². The highest BCUT2D eigenvalue weighted by Crippen LogP contribution is 2.34. The summed E-state index contributed by atoms with van der Waals surface area (Å²) in [6, 6.07) is 19.0. The van der Waals surface area contributed by atoms with Crippen molar-refractivity contribution in [3.63, 3.8) is 0 Å². The highest BCUT2D eigenvalue weighted by Gasteiger charge is 2.27. The molecule has 0 amide bonds. The molecule has 5 rings (SSSR count). The first-order chi connectivity index (χ1) is 14.9. The molecule has 4 aromatic rings. The number of oxazole rings is 1. The van der Waals surface area contributed by atoms with Crippen LogP contribution in [-0.2, 0) is 9.84 Å². The van der Waals surface area contributed by atoms with Gasteiger partial charge in [0, 0.05) is 37.6 Å². The van der Waals surface area contributed by atoms with Gasteiger partial charge in [0.25, 0.3) is 6.01 Å².